The summed E-state index contributed by atoms with van der Waals surface area (Å²) >= 11 is 7.22. The number of aromatic nitrogens is 1. The third-order valence-corrected chi connectivity index (χ3v) is 4.50. The van der Waals surface area contributed by atoms with Gasteiger partial charge in [0, 0.05) is 22.0 Å². The smallest absolute Gasteiger partial charge is 0.250 e. The van der Waals surface area contributed by atoms with Crippen molar-refractivity contribution >= 4 is 40.1 Å². The number of nitrogens with one attached hydrogen (secondary N) is 1. The molecule has 0 atom stereocenters. The highest BCUT2D eigenvalue weighted by Crippen LogP contribution is 2.32. The number of halogens is 1. The van der Waals surface area contributed by atoms with Crippen molar-refractivity contribution in [2.75, 3.05) is 11.9 Å². The van der Waals surface area contributed by atoms with E-state index in [9.17, 15) is 4.79 Å². The number of para-hydroxylation sites is 1. The molecule has 3 aromatic rings. The van der Waals surface area contributed by atoms with Crippen LogP contribution in [0, 0.1) is 0 Å². The van der Waals surface area contributed by atoms with Gasteiger partial charge in [-0.3, -0.25) is 10.1 Å². The summed E-state index contributed by atoms with van der Waals surface area (Å²) < 4.78 is 5.63. The SMILES string of the molecule is CCOc1ccccc1-c1csc(NC(=O)C=Cc2ccc(Cl)cc2)n1. The van der Waals surface area contributed by atoms with Crippen LogP contribution in [0.5, 0.6) is 5.75 Å². The summed E-state index contributed by atoms with van der Waals surface area (Å²) in [5.74, 6) is 0.541. The minimum Gasteiger partial charge on any atom is -0.493 e. The van der Waals surface area contributed by atoms with E-state index in [0.717, 1.165) is 22.6 Å². The van der Waals surface area contributed by atoms with Crippen LogP contribution in [0.1, 0.15) is 12.5 Å². The van der Waals surface area contributed by atoms with E-state index in [2.05, 4.69) is 10.3 Å². The number of carbonyl (C=O) groups is 1. The number of anilines is 1. The fourth-order valence-electron chi connectivity index (χ4n) is 2.31. The van der Waals surface area contributed by atoms with Crippen molar-refractivity contribution in [2.45, 2.75) is 6.92 Å². The number of ether oxygens (including phenoxy) is 1. The molecule has 0 aliphatic rings. The van der Waals surface area contributed by atoms with E-state index < -0.39 is 0 Å². The average molecular weight is 385 g/mol. The molecule has 2 aromatic carbocycles. The molecule has 0 aliphatic heterocycles. The highest BCUT2D eigenvalue weighted by molar-refractivity contribution is 7.14. The molecule has 0 spiro atoms. The molecule has 6 heteroatoms. The largest absolute Gasteiger partial charge is 0.493 e. The second kappa shape index (κ2) is 8.65. The van der Waals surface area contributed by atoms with Crippen molar-refractivity contribution < 1.29 is 9.53 Å². The molecule has 3 rings (SSSR count). The molecule has 0 saturated carbocycles. The second-order valence-electron chi connectivity index (χ2n) is 5.34. The van der Waals surface area contributed by atoms with Crippen LogP contribution in [0.15, 0.2) is 60.0 Å². The van der Waals surface area contributed by atoms with Crippen molar-refractivity contribution in [3.05, 3.63) is 70.6 Å². The van der Waals surface area contributed by atoms with Gasteiger partial charge in [-0.25, -0.2) is 4.98 Å². The van der Waals surface area contributed by atoms with E-state index in [-0.39, 0.29) is 5.91 Å². The number of thiazole rings is 1. The Morgan fingerprint density at radius 1 is 1.23 bits per heavy atom. The van der Waals surface area contributed by atoms with Crippen LogP contribution in [0.4, 0.5) is 5.13 Å². The molecule has 0 fully saturated rings. The maximum atomic E-state index is 12.1. The van der Waals surface area contributed by atoms with Gasteiger partial charge in [0.2, 0.25) is 5.91 Å². The monoisotopic (exact) mass is 384 g/mol. The lowest BCUT2D eigenvalue weighted by molar-refractivity contribution is -0.111. The molecular formula is C20H17ClN2O2S. The van der Waals surface area contributed by atoms with Gasteiger partial charge >= 0.3 is 0 Å². The van der Waals surface area contributed by atoms with Crippen LogP contribution in [0.3, 0.4) is 0 Å². The Kier molecular flexibility index (Phi) is 6.04. The Balaban J connectivity index is 1.68. The molecule has 0 saturated heterocycles. The minimum absolute atomic E-state index is 0.237. The minimum atomic E-state index is -0.237. The van der Waals surface area contributed by atoms with Gasteiger partial charge in [0.1, 0.15) is 5.75 Å². The summed E-state index contributed by atoms with van der Waals surface area (Å²) in [5, 5.41) is 5.88. The molecule has 132 valence electrons. The molecule has 1 aromatic heterocycles. The van der Waals surface area contributed by atoms with E-state index in [1.165, 1.54) is 17.4 Å². The first-order valence-corrected chi connectivity index (χ1v) is 9.34. The third kappa shape index (κ3) is 4.71. The van der Waals surface area contributed by atoms with Gasteiger partial charge in [0.05, 0.1) is 12.3 Å². The first-order chi connectivity index (χ1) is 12.7. The zero-order chi connectivity index (χ0) is 18.4. The third-order valence-electron chi connectivity index (χ3n) is 3.49. The molecule has 0 unspecified atom stereocenters. The number of nitrogens with zero attached hydrogens (tertiary/aromatic N) is 1. The van der Waals surface area contributed by atoms with Crippen molar-refractivity contribution in [3.8, 4) is 17.0 Å². The van der Waals surface area contributed by atoms with Crippen molar-refractivity contribution in [1.82, 2.24) is 4.98 Å². The van der Waals surface area contributed by atoms with E-state index in [0.29, 0.717) is 16.8 Å². The lowest BCUT2D eigenvalue weighted by Crippen LogP contribution is -2.07. The molecule has 4 nitrogen and oxygen atoms in total. The van der Waals surface area contributed by atoms with Gasteiger partial charge in [-0.2, -0.15) is 0 Å². The highest BCUT2D eigenvalue weighted by Gasteiger charge is 2.10. The van der Waals surface area contributed by atoms with Gasteiger partial charge in [-0.15, -0.1) is 11.3 Å². The normalized spacial score (nSPS) is 10.8. The summed E-state index contributed by atoms with van der Waals surface area (Å²) in [6.45, 7) is 2.52. The van der Waals surface area contributed by atoms with Crippen molar-refractivity contribution in [2.24, 2.45) is 0 Å². The zero-order valence-electron chi connectivity index (χ0n) is 14.1. The number of benzene rings is 2. The number of hydrogen-bond donors (Lipinski definition) is 1. The quantitative estimate of drug-likeness (QED) is 0.570. The molecule has 26 heavy (non-hydrogen) atoms. The summed E-state index contributed by atoms with van der Waals surface area (Å²) in [4.78, 5) is 16.6. The van der Waals surface area contributed by atoms with E-state index >= 15 is 0 Å². The Hall–Kier alpha value is -2.63. The molecule has 0 aliphatic carbocycles. The highest BCUT2D eigenvalue weighted by atomic mass is 35.5. The molecule has 0 radical (unpaired) electrons. The van der Waals surface area contributed by atoms with E-state index in [4.69, 9.17) is 16.3 Å². The zero-order valence-corrected chi connectivity index (χ0v) is 15.7. The second-order valence-corrected chi connectivity index (χ2v) is 6.64. The Morgan fingerprint density at radius 2 is 2.00 bits per heavy atom. The first kappa shape index (κ1) is 18.2. The standard InChI is InChI=1S/C20H17ClN2O2S/c1-2-25-18-6-4-3-5-16(18)17-13-26-20(22-17)23-19(24)12-9-14-7-10-15(21)11-8-14/h3-13H,2H2,1H3,(H,22,23,24). The molecule has 0 bridgehead atoms. The molecule has 1 N–H and O–H groups in total. The molecule has 1 amide bonds. The number of amides is 1. The first-order valence-electron chi connectivity index (χ1n) is 8.08. The number of hydrogen-bond acceptors (Lipinski definition) is 4. The van der Waals surface area contributed by atoms with Gasteiger partial charge in [0.15, 0.2) is 5.13 Å². The summed E-state index contributed by atoms with van der Waals surface area (Å²) in [7, 11) is 0. The Labute approximate surface area is 161 Å². The van der Waals surface area contributed by atoms with Crippen LogP contribution in [-0.2, 0) is 4.79 Å². The van der Waals surface area contributed by atoms with Crippen LogP contribution in [0.25, 0.3) is 17.3 Å². The summed E-state index contributed by atoms with van der Waals surface area (Å²) in [6.07, 6.45) is 3.20. The summed E-state index contributed by atoms with van der Waals surface area (Å²) in [5.41, 5.74) is 2.58. The van der Waals surface area contributed by atoms with Gasteiger partial charge in [-0.05, 0) is 42.8 Å². The molecule has 1 heterocycles. The summed E-state index contributed by atoms with van der Waals surface area (Å²) in [6, 6.07) is 15.0. The Morgan fingerprint density at radius 3 is 2.77 bits per heavy atom. The maximum absolute atomic E-state index is 12.1. The van der Waals surface area contributed by atoms with Gasteiger partial charge < -0.3 is 4.74 Å². The van der Waals surface area contributed by atoms with Crippen molar-refractivity contribution in [1.29, 1.82) is 0 Å². The van der Waals surface area contributed by atoms with Crippen LogP contribution >= 0.6 is 22.9 Å². The van der Waals surface area contributed by atoms with Crippen LogP contribution < -0.4 is 10.1 Å². The maximum Gasteiger partial charge on any atom is 0.250 e. The van der Waals surface area contributed by atoms with Crippen LogP contribution in [0.2, 0.25) is 5.02 Å². The fraction of sp³-hybridized carbons (Fsp3) is 0.100. The van der Waals surface area contributed by atoms with Gasteiger partial charge in [0.25, 0.3) is 0 Å². The van der Waals surface area contributed by atoms with E-state index in [1.807, 2.05) is 48.7 Å². The fourth-order valence-corrected chi connectivity index (χ4v) is 3.15. The Bertz CT molecular complexity index is 920. The number of carbonyl (C=O) groups excluding carboxylic acids is 1. The predicted octanol–water partition coefficient (Wildman–Crippen LogP) is 5.51. The predicted molar refractivity (Wildman–Crippen MR) is 108 cm³/mol. The lowest BCUT2D eigenvalue weighted by Gasteiger charge is -2.07. The average Bonchev–Trinajstić information content (AvgIpc) is 3.10. The van der Waals surface area contributed by atoms with Crippen LogP contribution in [-0.4, -0.2) is 17.5 Å². The van der Waals surface area contributed by atoms with Gasteiger partial charge in [-0.1, -0.05) is 35.9 Å². The van der Waals surface area contributed by atoms with E-state index in [1.54, 1.807) is 18.2 Å². The number of rotatable bonds is 6. The molecular weight excluding hydrogens is 368 g/mol. The lowest BCUT2D eigenvalue weighted by atomic mass is 10.1. The van der Waals surface area contributed by atoms with Crippen molar-refractivity contribution in [3.63, 3.8) is 0 Å². The topological polar surface area (TPSA) is 51.2 Å².